The van der Waals surface area contributed by atoms with Gasteiger partial charge in [-0.25, -0.2) is 0 Å². The van der Waals surface area contributed by atoms with Crippen molar-refractivity contribution < 1.29 is 9.52 Å². The first-order valence-electron chi connectivity index (χ1n) is 4.82. The quantitative estimate of drug-likeness (QED) is 0.905. The van der Waals surface area contributed by atoms with Crippen LogP contribution in [-0.2, 0) is 6.42 Å². The molecule has 1 atom stereocenters. The van der Waals surface area contributed by atoms with Crippen LogP contribution in [0.25, 0.3) is 0 Å². The molecule has 0 saturated carbocycles. The maximum Gasteiger partial charge on any atom is 0.106 e. The van der Waals surface area contributed by atoms with E-state index in [2.05, 4.69) is 0 Å². The second-order valence-corrected chi connectivity index (χ2v) is 4.31. The molecule has 0 spiro atoms. The van der Waals surface area contributed by atoms with Crippen molar-refractivity contribution in [3.05, 3.63) is 58.0 Å². The predicted molar refractivity (Wildman–Crippen MR) is 63.8 cm³/mol. The van der Waals surface area contributed by atoms with Gasteiger partial charge >= 0.3 is 0 Å². The third-order valence-electron chi connectivity index (χ3n) is 2.29. The van der Waals surface area contributed by atoms with Crippen molar-refractivity contribution in [3.63, 3.8) is 0 Å². The largest absolute Gasteiger partial charge is 0.469 e. The van der Waals surface area contributed by atoms with Gasteiger partial charge in [-0.3, -0.25) is 0 Å². The van der Waals surface area contributed by atoms with Gasteiger partial charge < -0.3 is 9.52 Å². The van der Waals surface area contributed by atoms with Crippen LogP contribution >= 0.6 is 23.2 Å². The first-order chi connectivity index (χ1) is 7.66. The summed E-state index contributed by atoms with van der Waals surface area (Å²) in [6.07, 6.45) is 1.24. The monoisotopic (exact) mass is 256 g/mol. The normalized spacial score (nSPS) is 12.7. The van der Waals surface area contributed by atoms with E-state index in [1.807, 2.05) is 6.07 Å². The number of aliphatic hydroxyl groups is 1. The van der Waals surface area contributed by atoms with Crippen molar-refractivity contribution in [2.75, 3.05) is 0 Å². The second kappa shape index (κ2) is 4.91. The van der Waals surface area contributed by atoms with Gasteiger partial charge in [0.25, 0.3) is 0 Å². The summed E-state index contributed by atoms with van der Waals surface area (Å²) in [7, 11) is 0. The first kappa shape index (κ1) is 11.5. The number of aliphatic hydroxyl groups excluding tert-OH is 1. The van der Waals surface area contributed by atoms with Crippen LogP contribution in [0.3, 0.4) is 0 Å². The number of furan rings is 1. The van der Waals surface area contributed by atoms with E-state index in [1.54, 1.807) is 30.5 Å². The highest BCUT2D eigenvalue weighted by Gasteiger charge is 2.14. The molecule has 1 N–H and O–H groups in total. The van der Waals surface area contributed by atoms with Crippen LogP contribution in [-0.4, -0.2) is 5.11 Å². The molecule has 0 amide bonds. The van der Waals surface area contributed by atoms with Crippen LogP contribution in [0.4, 0.5) is 0 Å². The van der Waals surface area contributed by atoms with Crippen molar-refractivity contribution >= 4 is 23.2 Å². The van der Waals surface area contributed by atoms with Gasteiger partial charge in [0.05, 0.1) is 12.4 Å². The molecule has 4 heteroatoms. The van der Waals surface area contributed by atoms with Gasteiger partial charge in [0.2, 0.25) is 0 Å². The molecule has 2 nitrogen and oxygen atoms in total. The first-order valence-corrected chi connectivity index (χ1v) is 5.58. The Labute approximate surface area is 103 Å². The highest BCUT2D eigenvalue weighted by atomic mass is 35.5. The summed E-state index contributed by atoms with van der Waals surface area (Å²) in [5.41, 5.74) is 0.616. The zero-order valence-electron chi connectivity index (χ0n) is 8.36. The zero-order valence-corrected chi connectivity index (χ0v) is 9.87. The van der Waals surface area contributed by atoms with Gasteiger partial charge in [0.1, 0.15) is 5.76 Å². The SMILES string of the molecule is OC(Cc1ccco1)c1cc(Cl)ccc1Cl. The molecular weight excluding hydrogens is 247 g/mol. The van der Waals surface area contributed by atoms with E-state index in [0.29, 0.717) is 27.8 Å². The molecule has 2 aromatic rings. The Bertz CT molecular complexity index is 466. The predicted octanol–water partition coefficient (Wildman–Crippen LogP) is 3.86. The number of hydrogen-bond acceptors (Lipinski definition) is 2. The summed E-state index contributed by atoms with van der Waals surface area (Å²) in [6, 6.07) is 8.61. The third-order valence-corrected chi connectivity index (χ3v) is 2.87. The molecular formula is C12H10Cl2O2. The molecule has 2 rings (SSSR count). The van der Waals surface area contributed by atoms with Crippen molar-refractivity contribution in [2.45, 2.75) is 12.5 Å². The minimum absolute atomic E-state index is 0.382. The van der Waals surface area contributed by atoms with E-state index < -0.39 is 6.10 Å². The molecule has 1 aromatic heterocycles. The molecule has 0 aliphatic rings. The lowest BCUT2D eigenvalue weighted by molar-refractivity contribution is 0.170. The minimum atomic E-state index is -0.711. The molecule has 1 aromatic carbocycles. The smallest absolute Gasteiger partial charge is 0.106 e. The average molecular weight is 257 g/mol. The lowest BCUT2D eigenvalue weighted by Crippen LogP contribution is -2.01. The molecule has 84 valence electrons. The van der Waals surface area contributed by atoms with Gasteiger partial charge in [-0.1, -0.05) is 23.2 Å². The molecule has 0 fully saturated rings. The van der Waals surface area contributed by atoms with Crippen molar-refractivity contribution in [2.24, 2.45) is 0 Å². The summed E-state index contributed by atoms with van der Waals surface area (Å²) in [6.45, 7) is 0. The summed E-state index contributed by atoms with van der Waals surface area (Å²) >= 11 is 11.8. The van der Waals surface area contributed by atoms with Gasteiger partial charge in [-0.2, -0.15) is 0 Å². The van der Waals surface area contributed by atoms with E-state index >= 15 is 0 Å². The minimum Gasteiger partial charge on any atom is -0.469 e. The van der Waals surface area contributed by atoms with Crippen LogP contribution in [0.5, 0.6) is 0 Å². The molecule has 1 unspecified atom stereocenters. The lowest BCUT2D eigenvalue weighted by Gasteiger charge is -2.11. The Hall–Kier alpha value is -0.960. The summed E-state index contributed by atoms with van der Waals surface area (Å²) in [4.78, 5) is 0. The average Bonchev–Trinajstić information content (AvgIpc) is 2.74. The molecule has 0 bridgehead atoms. The van der Waals surface area contributed by atoms with Gasteiger partial charge in [-0.15, -0.1) is 0 Å². The Morgan fingerprint density at radius 1 is 1.25 bits per heavy atom. The molecule has 0 saturated heterocycles. The van der Waals surface area contributed by atoms with E-state index in [0.717, 1.165) is 0 Å². The van der Waals surface area contributed by atoms with Crippen LogP contribution < -0.4 is 0 Å². The number of rotatable bonds is 3. The third kappa shape index (κ3) is 2.59. The van der Waals surface area contributed by atoms with Crippen molar-refractivity contribution in [3.8, 4) is 0 Å². The fraction of sp³-hybridized carbons (Fsp3) is 0.167. The van der Waals surface area contributed by atoms with Gasteiger partial charge in [0, 0.05) is 22.0 Å². The van der Waals surface area contributed by atoms with Crippen molar-refractivity contribution in [1.82, 2.24) is 0 Å². The summed E-state index contributed by atoms with van der Waals surface area (Å²) in [5.74, 6) is 0.712. The topological polar surface area (TPSA) is 33.4 Å². The number of hydrogen-bond donors (Lipinski definition) is 1. The van der Waals surface area contributed by atoms with Crippen molar-refractivity contribution in [1.29, 1.82) is 0 Å². The number of halogens is 2. The van der Waals surface area contributed by atoms with Crippen LogP contribution in [0, 0.1) is 0 Å². The molecule has 0 radical (unpaired) electrons. The lowest BCUT2D eigenvalue weighted by atomic mass is 10.1. The zero-order chi connectivity index (χ0) is 11.5. The summed E-state index contributed by atoms with van der Waals surface area (Å²) < 4.78 is 5.16. The Morgan fingerprint density at radius 2 is 2.06 bits per heavy atom. The fourth-order valence-corrected chi connectivity index (χ4v) is 1.92. The fourth-order valence-electron chi connectivity index (χ4n) is 1.50. The van der Waals surface area contributed by atoms with Crippen LogP contribution in [0.1, 0.15) is 17.4 Å². The second-order valence-electron chi connectivity index (χ2n) is 3.47. The van der Waals surface area contributed by atoms with E-state index in [4.69, 9.17) is 27.6 Å². The van der Waals surface area contributed by atoms with E-state index in [9.17, 15) is 5.11 Å². The molecule has 1 heterocycles. The Kier molecular flexibility index (Phi) is 3.54. The maximum absolute atomic E-state index is 9.99. The maximum atomic E-state index is 9.99. The van der Waals surface area contributed by atoms with E-state index in [1.165, 1.54) is 0 Å². The number of benzene rings is 1. The van der Waals surface area contributed by atoms with E-state index in [-0.39, 0.29) is 0 Å². The van der Waals surface area contributed by atoms with Gasteiger partial charge in [0.15, 0.2) is 0 Å². The Morgan fingerprint density at radius 3 is 2.75 bits per heavy atom. The standard InChI is InChI=1S/C12H10Cl2O2/c13-8-3-4-11(14)10(6-8)12(15)7-9-2-1-5-16-9/h1-6,12,15H,7H2. The highest BCUT2D eigenvalue weighted by Crippen LogP contribution is 2.28. The Balaban J connectivity index is 2.20. The van der Waals surface area contributed by atoms with Gasteiger partial charge in [-0.05, 0) is 30.3 Å². The van der Waals surface area contributed by atoms with Crippen LogP contribution in [0.2, 0.25) is 10.0 Å². The molecule has 0 aliphatic heterocycles. The summed E-state index contributed by atoms with van der Waals surface area (Å²) in [5, 5.41) is 11.1. The molecule has 0 aliphatic carbocycles. The van der Waals surface area contributed by atoms with Crippen LogP contribution in [0.15, 0.2) is 41.0 Å². The molecule has 16 heavy (non-hydrogen) atoms. The highest BCUT2D eigenvalue weighted by molar-refractivity contribution is 6.33.